The van der Waals surface area contributed by atoms with Gasteiger partial charge in [0.25, 0.3) is 0 Å². The van der Waals surface area contributed by atoms with E-state index in [1.54, 1.807) is 18.3 Å². The highest BCUT2D eigenvalue weighted by molar-refractivity contribution is 5.88. The summed E-state index contributed by atoms with van der Waals surface area (Å²) in [6.45, 7) is 4.54. The Kier molecular flexibility index (Phi) is 4.92. The molecule has 0 aromatic carbocycles. The first-order valence-electron chi connectivity index (χ1n) is 5.46. The van der Waals surface area contributed by atoms with Crippen LogP contribution in [0.1, 0.15) is 48.8 Å². The molecule has 0 aliphatic rings. The third-order valence-electron chi connectivity index (χ3n) is 2.32. The van der Waals surface area contributed by atoms with Crippen molar-refractivity contribution in [3.8, 4) is 0 Å². The number of carbonyl (C=O) groups is 1. The molecule has 16 heavy (non-hydrogen) atoms. The Balaban J connectivity index is 2.74. The molecule has 0 bridgehead atoms. The molecule has 1 aromatic rings. The molecule has 1 aromatic heterocycles. The zero-order chi connectivity index (χ0) is 12.0. The van der Waals surface area contributed by atoms with Crippen LogP contribution in [0.25, 0.3) is 0 Å². The molecular formula is C12H17NO3. The summed E-state index contributed by atoms with van der Waals surface area (Å²) >= 11 is 0. The van der Waals surface area contributed by atoms with Crippen LogP contribution in [-0.2, 0) is 4.74 Å². The average Bonchev–Trinajstić information content (AvgIpc) is 2.29. The molecule has 1 atom stereocenters. The number of carboxylic acids is 1. The van der Waals surface area contributed by atoms with Gasteiger partial charge in [-0.15, -0.1) is 0 Å². The van der Waals surface area contributed by atoms with Gasteiger partial charge in [-0.2, -0.15) is 0 Å². The summed E-state index contributed by atoms with van der Waals surface area (Å²) < 4.78 is 5.53. The normalized spacial score (nSPS) is 12.4. The minimum absolute atomic E-state index is 0.214. The van der Waals surface area contributed by atoms with Crippen molar-refractivity contribution in [1.82, 2.24) is 4.98 Å². The van der Waals surface area contributed by atoms with Crippen LogP contribution >= 0.6 is 0 Å². The van der Waals surface area contributed by atoms with Gasteiger partial charge in [0.1, 0.15) is 0 Å². The summed E-state index contributed by atoms with van der Waals surface area (Å²) in [5.41, 5.74) is 0.706. The third kappa shape index (κ3) is 3.31. The van der Waals surface area contributed by atoms with Gasteiger partial charge in [0, 0.05) is 12.8 Å². The third-order valence-corrected chi connectivity index (χ3v) is 2.32. The van der Waals surface area contributed by atoms with Crippen molar-refractivity contribution in [2.45, 2.75) is 32.8 Å². The molecule has 1 unspecified atom stereocenters. The van der Waals surface area contributed by atoms with Crippen LogP contribution in [0, 0.1) is 0 Å². The van der Waals surface area contributed by atoms with Gasteiger partial charge < -0.3 is 9.84 Å². The summed E-state index contributed by atoms with van der Waals surface area (Å²) in [4.78, 5) is 15.0. The van der Waals surface area contributed by atoms with Crippen LogP contribution in [0.4, 0.5) is 0 Å². The van der Waals surface area contributed by atoms with E-state index in [1.807, 2.05) is 6.92 Å². The molecule has 1 heterocycles. The topological polar surface area (TPSA) is 59.4 Å². The lowest BCUT2D eigenvalue weighted by Crippen LogP contribution is -2.10. The van der Waals surface area contributed by atoms with Crippen LogP contribution in [0.5, 0.6) is 0 Å². The van der Waals surface area contributed by atoms with Gasteiger partial charge in [-0.25, -0.2) is 4.79 Å². The Bertz CT molecular complexity index is 352. The van der Waals surface area contributed by atoms with Crippen molar-refractivity contribution in [3.05, 3.63) is 29.6 Å². The maximum atomic E-state index is 11.0. The highest BCUT2D eigenvalue weighted by atomic mass is 16.5. The van der Waals surface area contributed by atoms with Gasteiger partial charge in [-0.3, -0.25) is 4.98 Å². The van der Waals surface area contributed by atoms with Crippen LogP contribution in [-0.4, -0.2) is 22.7 Å². The predicted octanol–water partition coefficient (Wildman–Crippen LogP) is 2.66. The van der Waals surface area contributed by atoms with Crippen molar-refractivity contribution in [2.24, 2.45) is 0 Å². The fraction of sp³-hybridized carbons (Fsp3) is 0.500. The molecule has 0 aliphatic heterocycles. The predicted molar refractivity (Wildman–Crippen MR) is 60.5 cm³/mol. The highest BCUT2D eigenvalue weighted by Gasteiger charge is 2.16. The minimum Gasteiger partial charge on any atom is -0.478 e. The Morgan fingerprint density at radius 2 is 2.38 bits per heavy atom. The Morgan fingerprint density at radius 3 is 3.00 bits per heavy atom. The zero-order valence-electron chi connectivity index (χ0n) is 9.64. The van der Waals surface area contributed by atoms with E-state index in [1.165, 1.54) is 0 Å². The summed E-state index contributed by atoms with van der Waals surface area (Å²) in [5, 5.41) is 8.99. The lowest BCUT2D eigenvalue weighted by Gasteiger charge is -2.14. The average molecular weight is 223 g/mol. The first kappa shape index (κ1) is 12.6. The number of aromatic carboxylic acids is 1. The Hall–Kier alpha value is -1.42. The maximum Gasteiger partial charge on any atom is 0.337 e. The quantitative estimate of drug-likeness (QED) is 0.753. The summed E-state index contributed by atoms with van der Waals surface area (Å²) in [6.07, 6.45) is 3.33. The second-order valence-corrected chi connectivity index (χ2v) is 3.61. The van der Waals surface area contributed by atoms with Crippen LogP contribution in [0.15, 0.2) is 18.3 Å². The lowest BCUT2D eigenvalue weighted by atomic mass is 10.1. The van der Waals surface area contributed by atoms with Gasteiger partial charge >= 0.3 is 5.97 Å². The molecule has 88 valence electrons. The number of nitrogens with zero attached hydrogens (tertiary/aromatic N) is 1. The molecule has 0 aliphatic carbocycles. The van der Waals surface area contributed by atoms with E-state index in [2.05, 4.69) is 11.9 Å². The molecule has 0 radical (unpaired) electrons. The molecule has 0 amide bonds. The molecule has 1 rings (SSSR count). The van der Waals surface area contributed by atoms with Gasteiger partial charge in [0.05, 0.1) is 17.4 Å². The van der Waals surface area contributed by atoms with E-state index >= 15 is 0 Å². The zero-order valence-corrected chi connectivity index (χ0v) is 9.64. The summed E-state index contributed by atoms with van der Waals surface area (Å²) in [6, 6.07) is 3.16. The van der Waals surface area contributed by atoms with Gasteiger partial charge in [-0.05, 0) is 25.5 Å². The molecule has 0 fully saturated rings. The Labute approximate surface area is 95.3 Å². The first-order chi connectivity index (χ1) is 7.66. The van der Waals surface area contributed by atoms with Gasteiger partial charge in [-0.1, -0.05) is 13.3 Å². The summed E-state index contributed by atoms with van der Waals surface area (Å²) in [5.74, 6) is -0.964. The van der Waals surface area contributed by atoms with Crippen molar-refractivity contribution in [2.75, 3.05) is 6.61 Å². The second-order valence-electron chi connectivity index (χ2n) is 3.61. The van der Waals surface area contributed by atoms with Crippen LogP contribution < -0.4 is 0 Å². The maximum absolute atomic E-state index is 11.0. The lowest BCUT2D eigenvalue weighted by molar-refractivity contribution is 0.0560. The summed E-state index contributed by atoms with van der Waals surface area (Å²) in [7, 11) is 0. The monoisotopic (exact) mass is 223 g/mol. The largest absolute Gasteiger partial charge is 0.478 e. The molecular weight excluding hydrogens is 206 g/mol. The molecule has 4 heteroatoms. The molecule has 0 saturated carbocycles. The van der Waals surface area contributed by atoms with Crippen molar-refractivity contribution in [1.29, 1.82) is 0 Å². The fourth-order valence-electron chi connectivity index (χ4n) is 1.41. The molecule has 0 saturated heterocycles. The number of unbranched alkanes of at least 4 members (excludes halogenated alkanes) is 1. The highest BCUT2D eigenvalue weighted by Crippen LogP contribution is 2.18. The minimum atomic E-state index is -0.964. The van der Waals surface area contributed by atoms with Crippen LogP contribution in [0.3, 0.4) is 0 Å². The van der Waals surface area contributed by atoms with E-state index in [-0.39, 0.29) is 11.7 Å². The number of ether oxygens (including phenoxy) is 1. The van der Waals surface area contributed by atoms with Crippen molar-refractivity contribution >= 4 is 5.97 Å². The van der Waals surface area contributed by atoms with E-state index in [0.29, 0.717) is 12.3 Å². The smallest absolute Gasteiger partial charge is 0.337 e. The van der Waals surface area contributed by atoms with E-state index in [0.717, 1.165) is 12.8 Å². The number of pyridine rings is 1. The number of aromatic nitrogens is 1. The number of carboxylic acid groups (broad SMARTS) is 1. The van der Waals surface area contributed by atoms with Crippen molar-refractivity contribution < 1.29 is 14.6 Å². The second kappa shape index (κ2) is 6.23. The Morgan fingerprint density at radius 1 is 1.62 bits per heavy atom. The number of hydrogen-bond acceptors (Lipinski definition) is 3. The van der Waals surface area contributed by atoms with Crippen molar-refractivity contribution in [3.63, 3.8) is 0 Å². The number of rotatable bonds is 6. The van der Waals surface area contributed by atoms with Crippen LogP contribution in [0.2, 0.25) is 0 Å². The fourth-order valence-corrected chi connectivity index (χ4v) is 1.41. The SMILES string of the molecule is CCCCOC(C)c1ncccc1C(=O)O. The van der Waals surface area contributed by atoms with E-state index in [4.69, 9.17) is 9.84 Å². The number of hydrogen-bond donors (Lipinski definition) is 1. The molecule has 4 nitrogen and oxygen atoms in total. The molecule has 1 N–H and O–H groups in total. The van der Waals surface area contributed by atoms with Gasteiger partial charge in [0.2, 0.25) is 0 Å². The molecule has 0 spiro atoms. The van der Waals surface area contributed by atoms with E-state index in [9.17, 15) is 4.79 Å². The van der Waals surface area contributed by atoms with Gasteiger partial charge in [0.15, 0.2) is 0 Å². The first-order valence-corrected chi connectivity index (χ1v) is 5.46. The van der Waals surface area contributed by atoms with E-state index < -0.39 is 5.97 Å². The standard InChI is InChI=1S/C12H17NO3/c1-3-4-8-16-9(2)11-10(12(14)15)6-5-7-13-11/h5-7,9H,3-4,8H2,1-2H3,(H,14,15).